The number of hydrogen-bond acceptors (Lipinski definition) is 5. The van der Waals surface area contributed by atoms with Gasteiger partial charge >= 0.3 is 0 Å². The minimum atomic E-state index is -0.157. The van der Waals surface area contributed by atoms with Crippen molar-refractivity contribution in [3.8, 4) is 0 Å². The second-order valence-electron chi connectivity index (χ2n) is 6.32. The minimum Gasteiger partial charge on any atom is -0.351 e. The Hall–Kier alpha value is -1.85. The number of nitrogens with one attached hydrogen (secondary N) is 1. The van der Waals surface area contributed by atoms with Gasteiger partial charge in [0, 0.05) is 19.6 Å². The molecule has 112 valence electrons. The first-order chi connectivity index (χ1) is 10.1. The molecule has 21 heavy (non-hydrogen) atoms. The summed E-state index contributed by atoms with van der Waals surface area (Å²) in [6.45, 7) is 2.73. The lowest BCUT2D eigenvalue weighted by Crippen LogP contribution is -2.53. The zero-order valence-electron chi connectivity index (χ0n) is 12.6. The van der Waals surface area contributed by atoms with E-state index < -0.39 is 0 Å². The van der Waals surface area contributed by atoms with Crippen LogP contribution in [0, 0.1) is 0 Å². The van der Waals surface area contributed by atoms with Gasteiger partial charge in [-0.2, -0.15) is 4.98 Å². The van der Waals surface area contributed by atoms with Crippen LogP contribution in [-0.2, 0) is 11.2 Å². The molecule has 0 aromatic carbocycles. The Morgan fingerprint density at radius 2 is 2.05 bits per heavy atom. The van der Waals surface area contributed by atoms with Crippen LogP contribution in [0.4, 0.5) is 17.5 Å². The molecule has 1 aliphatic carbocycles. The molecule has 6 heteroatoms. The van der Waals surface area contributed by atoms with Crippen LogP contribution in [-0.4, -0.2) is 41.6 Å². The van der Waals surface area contributed by atoms with Crippen molar-refractivity contribution in [3.63, 3.8) is 0 Å². The van der Waals surface area contributed by atoms with Crippen molar-refractivity contribution in [3.05, 3.63) is 5.69 Å². The number of carbonyl (C=O) groups is 1. The quantitative estimate of drug-likeness (QED) is 0.894. The smallest absolute Gasteiger partial charge is 0.249 e. The Bertz CT molecular complexity index is 598. The molecule has 1 aromatic rings. The lowest BCUT2D eigenvalue weighted by molar-refractivity contribution is -0.119. The molecule has 1 fully saturated rings. The molecular formula is C15H21N5O. The fraction of sp³-hybridized carbons (Fsp3) is 0.667. The number of nitrogens with zero attached hydrogens (tertiary/aromatic N) is 4. The summed E-state index contributed by atoms with van der Waals surface area (Å²) in [5, 5.41) is 3.44. The van der Waals surface area contributed by atoms with Gasteiger partial charge in [-0.05, 0) is 39.0 Å². The third kappa shape index (κ3) is 1.88. The monoisotopic (exact) mass is 287 g/mol. The van der Waals surface area contributed by atoms with E-state index in [1.54, 1.807) is 0 Å². The fourth-order valence-electron chi connectivity index (χ4n) is 3.30. The number of aryl methyl sites for hydroxylation is 1. The number of hydrogen-bond donors (Lipinski definition) is 1. The first-order valence-corrected chi connectivity index (χ1v) is 7.87. The maximum Gasteiger partial charge on any atom is 0.249 e. The summed E-state index contributed by atoms with van der Waals surface area (Å²) in [7, 11) is 1.95. The second-order valence-corrected chi connectivity index (χ2v) is 6.32. The molecule has 1 N–H and O–H groups in total. The average Bonchev–Trinajstić information content (AvgIpc) is 2.46. The molecule has 0 bridgehead atoms. The van der Waals surface area contributed by atoms with E-state index >= 15 is 0 Å². The predicted octanol–water partition coefficient (Wildman–Crippen LogP) is 1.56. The number of carbonyl (C=O) groups excluding carboxylic acids is 1. The number of anilines is 3. The number of rotatable bonds is 2. The molecule has 1 saturated carbocycles. The standard InChI is InChI=1S/C15H21N5O/c1-9-14(21)20-8-4-7-11-12(20)13(19(9)2)18-15(17-11)16-10-5-3-6-10/h9-10H,3-8H2,1-2H3,(H,16,17,18). The topological polar surface area (TPSA) is 61.4 Å². The maximum atomic E-state index is 12.4. The van der Waals surface area contributed by atoms with E-state index in [1.165, 1.54) is 19.3 Å². The Morgan fingerprint density at radius 3 is 2.76 bits per heavy atom. The van der Waals surface area contributed by atoms with E-state index in [4.69, 9.17) is 4.98 Å². The molecule has 1 atom stereocenters. The van der Waals surface area contributed by atoms with Crippen molar-refractivity contribution in [2.75, 3.05) is 28.7 Å². The van der Waals surface area contributed by atoms with Crippen LogP contribution in [0.25, 0.3) is 0 Å². The SMILES string of the molecule is CC1C(=O)N2CCCc3nc(NC4CCC4)nc(c32)N1C. The largest absolute Gasteiger partial charge is 0.351 e. The highest BCUT2D eigenvalue weighted by Gasteiger charge is 2.39. The number of likely N-dealkylation sites (N-methyl/N-ethyl adjacent to an activating group) is 1. The summed E-state index contributed by atoms with van der Waals surface area (Å²) >= 11 is 0. The summed E-state index contributed by atoms with van der Waals surface area (Å²) in [4.78, 5) is 25.7. The van der Waals surface area contributed by atoms with Gasteiger partial charge in [0.1, 0.15) is 11.7 Å². The summed E-state index contributed by atoms with van der Waals surface area (Å²) < 4.78 is 0. The van der Waals surface area contributed by atoms with Crippen LogP contribution >= 0.6 is 0 Å². The van der Waals surface area contributed by atoms with E-state index in [0.717, 1.165) is 42.5 Å². The Balaban J connectivity index is 1.78. The van der Waals surface area contributed by atoms with Crippen LogP contribution in [0.3, 0.4) is 0 Å². The summed E-state index contributed by atoms with van der Waals surface area (Å²) in [5.41, 5.74) is 1.95. The van der Waals surface area contributed by atoms with E-state index in [0.29, 0.717) is 6.04 Å². The van der Waals surface area contributed by atoms with Gasteiger partial charge < -0.3 is 15.1 Å². The van der Waals surface area contributed by atoms with Gasteiger partial charge in [0.15, 0.2) is 5.82 Å². The summed E-state index contributed by atoms with van der Waals surface area (Å²) in [6.07, 6.45) is 5.60. The van der Waals surface area contributed by atoms with Crippen molar-refractivity contribution < 1.29 is 4.79 Å². The normalized spacial score (nSPS) is 24.7. The molecule has 0 spiro atoms. The molecule has 3 heterocycles. The Morgan fingerprint density at radius 1 is 1.24 bits per heavy atom. The Kier molecular flexibility index (Phi) is 2.80. The van der Waals surface area contributed by atoms with Crippen LogP contribution < -0.4 is 15.1 Å². The van der Waals surface area contributed by atoms with Gasteiger partial charge in [-0.25, -0.2) is 4.98 Å². The first-order valence-electron chi connectivity index (χ1n) is 7.87. The van der Waals surface area contributed by atoms with Crippen LogP contribution in [0.2, 0.25) is 0 Å². The van der Waals surface area contributed by atoms with Crippen molar-refractivity contribution >= 4 is 23.4 Å². The van der Waals surface area contributed by atoms with E-state index in [9.17, 15) is 4.79 Å². The van der Waals surface area contributed by atoms with Crippen molar-refractivity contribution in [1.29, 1.82) is 0 Å². The van der Waals surface area contributed by atoms with Crippen LogP contribution in [0.15, 0.2) is 0 Å². The average molecular weight is 287 g/mol. The zero-order chi connectivity index (χ0) is 14.6. The third-order valence-electron chi connectivity index (χ3n) is 4.98. The molecule has 3 aliphatic rings. The maximum absolute atomic E-state index is 12.4. The van der Waals surface area contributed by atoms with Crippen molar-refractivity contribution in [2.24, 2.45) is 0 Å². The molecule has 0 radical (unpaired) electrons. The molecule has 1 aromatic heterocycles. The number of aromatic nitrogens is 2. The van der Waals surface area contributed by atoms with Gasteiger partial charge in [-0.15, -0.1) is 0 Å². The first kappa shape index (κ1) is 12.9. The number of amides is 1. The zero-order valence-corrected chi connectivity index (χ0v) is 12.6. The second kappa shape index (κ2) is 4.58. The van der Waals surface area contributed by atoms with E-state index in [-0.39, 0.29) is 11.9 Å². The summed E-state index contributed by atoms with van der Waals surface area (Å²) in [5.74, 6) is 1.78. The van der Waals surface area contributed by atoms with Crippen LogP contribution in [0.1, 0.15) is 38.3 Å². The molecule has 2 aliphatic heterocycles. The van der Waals surface area contributed by atoms with Gasteiger partial charge in [0.25, 0.3) is 0 Å². The summed E-state index contributed by atoms with van der Waals surface area (Å²) in [6, 6.07) is 0.359. The Labute approximate surface area is 124 Å². The lowest BCUT2D eigenvalue weighted by Gasteiger charge is -2.41. The minimum absolute atomic E-state index is 0.157. The lowest BCUT2D eigenvalue weighted by atomic mass is 9.93. The van der Waals surface area contributed by atoms with E-state index in [1.807, 2.05) is 23.8 Å². The molecule has 0 saturated heterocycles. The van der Waals surface area contributed by atoms with Crippen molar-refractivity contribution in [2.45, 2.75) is 51.1 Å². The van der Waals surface area contributed by atoms with Gasteiger partial charge in [-0.3, -0.25) is 4.79 Å². The van der Waals surface area contributed by atoms with E-state index in [2.05, 4.69) is 10.3 Å². The molecule has 6 nitrogen and oxygen atoms in total. The molecule has 1 amide bonds. The highest BCUT2D eigenvalue weighted by atomic mass is 16.2. The fourth-order valence-corrected chi connectivity index (χ4v) is 3.30. The van der Waals surface area contributed by atoms with Crippen molar-refractivity contribution in [1.82, 2.24) is 9.97 Å². The molecule has 4 rings (SSSR count). The van der Waals surface area contributed by atoms with Gasteiger partial charge in [-0.1, -0.05) is 0 Å². The predicted molar refractivity (Wildman–Crippen MR) is 81.8 cm³/mol. The van der Waals surface area contributed by atoms with Gasteiger partial charge in [0.05, 0.1) is 5.69 Å². The third-order valence-corrected chi connectivity index (χ3v) is 4.98. The highest BCUT2D eigenvalue weighted by Crippen LogP contribution is 2.39. The molecule has 1 unspecified atom stereocenters. The highest BCUT2D eigenvalue weighted by molar-refractivity contribution is 6.05. The van der Waals surface area contributed by atoms with Gasteiger partial charge in [0.2, 0.25) is 11.9 Å². The van der Waals surface area contributed by atoms with Crippen LogP contribution in [0.5, 0.6) is 0 Å². The molecular weight excluding hydrogens is 266 g/mol.